The molecule has 29 heavy (non-hydrogen) atoms. The number of likely N-dealkylation sites (N-methyl/N-ethyl adjacent to an activating group) is 1. The van der Waals surface area contributed by atoms with Crippen molar-refractivity contribution in [1.29, 1.82) is 0 Å². The van der Waals surface area contributed by atoms with Gasteiger partial charge in [-0.1, -0.05) is 11.6 Å². The van der Waals surface area contributed by atoms with E-state index in [0.29, 0.717) is 12.0 Å². The minimum absolute atomic E-state index is 0.0339. The molecule has 0 amide bonds. The van der Waals surface area contributed by atoms with Gasteiger partial charge in [-0.15, -0.1) is 0 Å². The number of rotatable bonds is 6. The average Bonchev–Trinajstić information content (AvgIpc) is 2.68. The fourth-order valence-corrected chi connectivity index (χ4v) is 3.55. The Morgan fingerprint density at radius 2 is 1.93 bits per heavy atom. The number of halogens is 1. The Hall–Kier alpha value is -2.42. The Bertz CT molecular complexity index is 892. The van der Waals surface area contributed by atoms with E-state index in [-0.39, 0.29) is 22.4 Å². The number of aliphatic hydroxyl groups is 1. The number of methoxy groups -OCH3 is 1. The molecule has 1 aromatic carbocycles. The predicted octanol–water partition coefficient (Wildman–Crippen LogP) is 2.67. The molecule has 0 radical (unpaired) electrons. The van der Waals surface area contributed by atoms with Crippen LogP contribution in [0.15, 0.2) is 18.2 Å². The van der Waals surface area contributed by atoms with Gasteiger partial charge in [-0.25, -0.2) is 9.97 Å². The van der Waals surface area contributed by atoms with Crippen LogP contribution in [-0.2, 0) is 5.60 Å². The summed E-state index contributed by atoms with van der Waals surface area (Å²) in [7, 11) is 3.74. The lowest BCUT2D eigenvalue weighted by atomic mass is 10.1. The second-order valence-corrected chi connectivity index (χ2v) is 7.93. The van der Waals surface area contributed by atoms with Crippen molar-refractivity contribution >= 4 is 35.1 Å². The Kier molecular flexibility index (Phi) is 6.26. The van der Waals surface area contributed by atoms with Gasteiger partial charge in [0, 0.05) is 37.9 Å². The zero-order chi connectivity index (χ0) is 21.2. The Morgan fingerprint density at radius 1 is 1.24 bits per heavy atom. The molecule has 0 spiro atoms. The standard InChI is InChI=1S/C20H26ClN5O3/c1-20(2,28)17-18(21)24-19(14(12-27)23-17)22-13-5-6-15(16(11-13)29-4)26-9-7-25(3)8-10-26/h5-6,11-12,28H,7-10H2,1-4H3,(H,22,24). The Morgan fingerprint density at radius 3 is 2.52 bits per heavy atom. The largest absolute Gasteiger partial charge is 0.495 e. The molecule has 3 rings (SSSR count). The highest BCUT2D eigenvalue weighted by atomic mass is 35.5. The lowest BCUT2D eigenvalue weighted by Crippen LogP contribution is -2.44. The third-order valence-electron chi connectivity index (χ3n) is 4.86. The lowest BCUT2D eigenvalue weighted by molar-refractivity contribution is 0.0734. The van der Waals surface area contributed by atoms with E-state index in [2.05, 4.69) is 32.1 Å². The fraction of sp³-hybridized carbons (Fsp3) is 0.450. The summed E-state index contributed by atoms with van der Waals surface area (Å²) in [5, 5.41) is 13.3. The molecule has 0 unspecified atom stereocenters. The van der Waals surface area contributed by atoms with Crippen LogP contribution >= 0.6 is 11.6 Å². The predicted molar refractivity (Wildman–Crippen MR) is 114 cm³/mol. The second-order valence-electron chi connectivity index (χ2n) is 7.58. The topological polar surface area (TPSA) is 90.8 Å². The van der Waals surface area contributed by atoms with Crippen molar-refractivity contribution in [2.75, 3.05) is 50.6 Å². The number of benzene rings is 1. The Balaban J connectivity index is 1.89. The second kappa shape index (κ2) is 8.52. The van der Waals surface area contributed by atoms with E-state index >= 15 is 0 Å². The van der Waals surface area contributed by atoms with Crippen LogP contribution in [0, 0.1) is 0 Å². The molecule has 1 saturated heterocycles. The highest BCUT2D eigenvalue weighted by Crippen LogP contribution is 2.34. The number of carbonyl (C=O) groups excluding carboxylic acids is 1. The first-order valence-corrected chi connectivity index (χ1v) is 9.75. The smallest absolute Gasteiger partial charge is 0.172 e. The summed E-state index contributed by atoms with van der Waals surface area (Å²) in [6.07, 6.45) is 0.580. The minimum atomic E-state index is -1.31. The molecule has 0 bridgehead atoms. The molecule has 0 saturated carbocycles. The summed E-state index contributed by atoms with van der Waals surface area (Å²) >= 11 is 6.18. The first-order valence-electron chi connectivity index (χ1n) is 9.37. The van der Waals surface area contributed by atoms with Gasteiger partial charge in [-0.3, -0.25) is 4.79 Å². The third kappa shape index (κ3) is 4.77. The van der Waals surface area contributed by atoms with Crippen molar-refractivity contribution in [1.82, 2.24) is 14.9 Å². The summed E-state index contributed by atoms with van der Waals surface area (Å²) in [6, 6.07) is 5.72. The molecule has 0 aliphatic carbocycles. The quantitative estimate of drug-likeness (QED) is 0.690. The SMILES string of the molecule is COc1cc(Nc2nc(Cl)c(C(C)(C)O)nc2C=O)ccc1N1CCN(C)CC1. The van der Waals surface area contributed by atoms with Crippen LogP contribution in [0.5, 0.6) is 5.75 Å². The molecule has 156 valence electrons. The molecule has 2 heterocycles. The molecule has 1 aliphatic heterocycles. The van der Waals surface area contributed by atoms with E-state index in [1.54, 1.807) is 7.11 Å². The van der Waals surface area contributed by atoms with Crippen molar-refractivity contribution in [3.05, 3.63) is 34.7 Å². The maximum Gasteiger partial charge on any atom is 0.172 e. The average molecular weight is 420 g/mol. The van der Waals surface area contributed by atoms with Crippen molar-refractivity contribution in [3.63, 3.8) is 0 Å². The van der Waals surface area contributed by atoms with E-state index in [9.17, 15) is 9.90 Å². The molecular weight excluding hydrogens is 394 g/mol. The van der Waals surface area contributed by atoms with E-state index in [0.717, 1.165) is 37.6 Å². The maximum absolute atomic E-state index is 11.5. The van der Waals surface area contributed by atoms with Gasteiger partial charge in [0.25, 0.3) is 0 Å². The van der Waals surface area contributed by atoms with Gasteiger partial charge in [0.05, 0.1) is 12.8 Å². The first-order chi connectivity index (χ1) is 13.7. The summed E-state index contributed by atoms with van der Waals surface area (Å²) in [4.78, 5) is 24.5. The monoisotopic (exact) mass is 419 g/mol. The number of hydrogen-bond donors (Lipinski definition) is 2. The molecule has 2 aromatic rings. The van der Waals surface area contributed by atoms with Gasteiger partial charge in [0.15, 0.2) is 17.3 Å². The van der Waals surface area contributed by atoms with Crippen LogP contribution in [0.25, 0.3) is 0 Å². The van der Waals surface area contributed by atoms with Gasteiger partial charge < -0.3 is 25.0 Å². The molecular formula is C20H26ClN5O3. The van der Waals surface area contributed by atoms with Gasteiger partial charge in [0.2, 0.25) is 0 Å². The fourth-order valence-electron chi connectivity index (χ4n) is 3.19. The number of piperazine rings is 1. The molecule has 9 heteroatoms. The first kappa shape index (κ1) is 21.3. The van der Waals surface area contributed by atoms with Gasteiger partial charge >= 0.3 is 0 Å². The van der Waals surface area contributed by atoms with Gasteiger partial charge in [0.1, 0.15) is 22.7 Å². The van der Waals surface area contributed by atoms with E-state index in [1.807, 2.05) is 18.2 Å². The zero-order valence-electron chi connectivity index (χ0n) is 17.1. The number of aromatic nitrogens is 2. The highest BCUT2D eigenvalue weighted by molar-refractivity contribution is 6.30. The molecule has 8 nitrogen and oxygen atoms in total. The minimum Gasteiger partial charge on any atom is -0.495 e. The molecule has 0 atom stereocenters. The molecule has 1 fully saturated rings. The van der Waals surface area contributed by atoms with Crippen molar-refractivity contribution in [3.8, 4) is 5.75 Å². The number of ether oxygens (including phenoxy) is 1. The summed E-state index contributed by atoms with van der Waals surface area (Å²) in [5.74, 6) is 0.937. The number of nitrogens with one attached hydrogen (secondary N) is 1. The van der Waals surface area contributed by atoms with E-state index in [1.165, 1.54) is 13.8 Å². The lowest BCUT2D eigenvalue weighted by Gasteiger charge is -2.34. The molecule has 2 N–H and O–H groups in total. The maximum atomic E-state index is 11.5. The van der Waals surface area contributed by atoms with Crippen molar-refractivity contribution in [2.45, 2.75) is 19.4 Å². The zero-order valence-corrected chi connectivity index (χ0v) is 17.8. The Labute approximate surface area is 175 Å². The third-order valence-corrected chi connectivity index (χ3v) is 5.12. The highest BCUT2D eigenvalue weighted by Gasteiger charge is 2.25. The summed E-state index contributed by atoms with van der Waals surface area (Å²) in [5.41, 5.74) is 0.601. The van der Waals surface area contributed by atoms with Crippen molar-refractivity contribution in [2.24, 2.45) is 0 Å². The number of aldehydes is 1. The number of nitrogens with zero attached hydrogens (tertiary/aromatic N) is 4. The summed E-state index contributed by atoms with van der Waals surface area (Å²) in [6.45, 7) is 6.91. The van der Waals surface area contributed by atoms with Gasteiger partial charge in [-0.05, 0) is 33.0 Å². The van der Waals surface area contributed by atoms with Crippen LogP contribution in [-0.4, -0.2) is 66.6 Å². The van der Waals surface area contributed by atoms with Crippen LogP contribution in [0.4, 0.5) is 17.2 Å². The van der Waals surface area contributed by atoms with Gasteiger partial charge in [-0.2, -0.15) is 0 Å². The summed E-state index contributed by atoms with van der Waals surface area (Å²) < 4.78 is 5.59. The van der Waals surface area contributed by atoms with Crippen LogP contribution in [0.3, 0.4) is 0 Å². The molecule has 1 aliphatic rings. The normalized spacial score (nSPS) is 15.3. The number of anilines is 3. The van der Waals surface area contributed by atoms with E-state index < -0.39 is 5.60 Å². The van der Waals surface area contributed by atoms with Crippen molar-refractivity contribution < 1.29 is 14.6 Å². The van der Waals surface area contributed by atoms with Crippen LogP contribution in [0.1, 0.15) is 30.0 Å². The molecule has 1 aromatic heterocycles. The number of hydrogen-bond acceptors (Lipinski definition) is 8. The van der Waals surface area contributed by atoms with Crippen LogP contribution in [0.2, 0.25) is 5.15 Å². The number of carbonyl (C=O) groups is 1. The van der Waals surface area contributed by atoms with Crippen LogP contribution < -0.4 is 15.0 Å². The van der Waals surface area contributed by atoms with E-state index in [4.69, 9.17) is 16.3 Å².